The maximum absolute atomic E-state index is 12.5. The molecule has 2 heterocycles. The van der Waals surface area contributed by atoms with Crippen molar-refractivity contribution in [1.82, 2.24) is 10.2 Å². The summed E-state index contributed by atoms with van der Waals surface area (Å²) in [5, 5.41) is 10.1. The van der Waals surface area contributed by atoms with Crippen molar-refractivity contribution in [3.63, 3.8) is 0 Å². The van der Waals surface area contributed by atoms with E-state index in [0.29, 0.717) is 18.2 Å². The van der Waals surface area contributed by atoms with Crippen LogP contribution in [0.1, 0.15) is 62.1 Å². The Hall–Kier alpha value is -2.63. The van der Waals surface area contributed by atoms with Gasteiger partial charge in [0.2, 0.25) is 11.8 Å². The van der Waals surface area contributed by atoms with Crippen molar-refractivity contribution >= 4 is 23.3 Å². The van der Waals surface area contributed by atoms with Crippen LogP contribution in [0.25, 0.3) is 0 Å². The first-order valence-corrected chi connectivity index (χ1v) is 9.38. The standard InChI is InChI=1S/C20H24N4O2/c1-13(14-7-9-16(10-8-14)24-11-3-6-19(24)25)20(26)21-18-12-17(22-23-18)15-4-2-5-15/h7-10,12-13,15H,2-6,11H2,1H3,(H2,21,22,23,26)/t13-/m0/s1. The van der Waals surface area contributed by atoms with Gasteiger partial charge in [-0.05, 0) is 43.9 Å². The Bertz CT molecular complexity index is 807. The summed E-state index contributed by atoms with van der Waals surface area (Å²) >= 11 is 0. The topological polar surface area (TPSA) is 78.1 Å². The van der Waals surface area contributed by atoms with E-state index in [1.165, 1.54) is 19.3 Å². The van der Waals surface area contributed by atoms with E-state index in [9.17, 15) is 9.59 Å². The summed E-state index contributed by atoms with van der Waals surface area (Å²) < 4.78 is 0. The summed E-state index contributed by atoms with van der Waals surface area (Å²) in [5.74, 6) is 0.947. The highest BCUT2D eigenvalue weighted by Crippen LogP contribution is 2.36. The molecule has 2 fully saturated rings. The Morgan fingerprint density at radius 1 is 1.27 bits per heavy atom. The van der Waals surface area contributed by atoms with E-state index in [-0.39, 0.29) is 17.7 Å². The largest absolute Gasteiger partial charge is 0.312 e. The van der Waals surface area contributed by atoms with Crippen LogP contribution in [0.3, 0.4) is 0 Å². The quantitative estimate of drug-likeness (QED) is 0.864. The second-order valence-electron chi connectivity index (χ2n) is 7.29. The molecule has 0 radical (unpaired) electrons. The lowest BCUT2D eigenvalue weighted by molar-refractivity contribution is -0.118. The molecular weight excluding hydrogens is 328 g/mol. The Morgan fingerprint density at radius 3 is 2.65 bits per heavy atom. The Labute approximate surface area is 153 Å². The highest BCUT2D eigenvalue weighted by molar-refractivity contribution is 5.96. The third kappa shape index (κ3) is 3.23. The molecule has 1 aliphatic heterocycles. The van der Waals surface area contributed by atoms with Gasteiger partial charge in [0.05, 0.1) is 5.92 Å². The van der Waals surface area contributed by atoms with Crippen LogP contribution in [-0.4, -0.2) is 28.6 Å². The van der Waals surface area contributed by atoms with Gasteiger partial charge in [-0.3, -0.25) is 14.7 Å². The number of nitrogens with one attached hydrogen (secondary N) is 2. The van der Waals surface area contributed by atoms with Crippen molar-refractivity contribution in [1.29, 1.82) is 0 Å². The second-order valence-corrected chi connectivity index (χ2v) is 7.29. The molecule has 2 N–H and O–H groups in total. The van der Waals surface area contributed by atoms with Crippen molar-refractivity contribution in [2.45, 2.75) is 50.9 Å². The monoisotopic (exact) mass is 352 g/mol. The Balaban J connectivity index is 1.39. The van der Waals surface area contributed by atoms with E-state index in [0.717, 1.165) is 29.9 Å². The number of hydrogen-bond acceptors (Lipinski definition) is 3. The van der Waals surface area contributed by atoms with Crippen LogP contribution in [0.15, 0.2) is 30.3 Å². The lowest BCUT2D eigenvalue weighted by Crippen LogP contribution is -2.23. The molecular formula is C20H24N4O2. The molecule has 1 atom stereocenters. The first-order valence-electron chi connectivity index (χ1n) is 9.38. The smallest absolute Gasteiger partial charge is 0.232 e. The van der Waals surface area contributed by atoms with Crippen LogP contribution in [0.5, 0.6) is 0 Å². The van der Waals surface area contributed by atoms with Gasteiger partial charge in [-0.25, -0.2) is 0 Å². The summed E-state index contributed by atoms with van der Waals surface area (Å²) in [5.41, 5.74) is 2.94. The molecule has 1 aromatic carbocycles. The predicted octanol–water partition coefficient (Wildman–Crippen LogP) is 3.55. The number of anilines is 2. The van der Waals surface area contributed by atoms with Crippen LogP contribution in [0, 0.1) is 0 Å². The summed E-state index contributed by atoms with van der Waals surface area (Å²) in [6, 6.07) is 9.64. The molecule has 1 aromatic heterocycles. The fourth-order valence-corrected chi connectivity index (χ4v) is 3.58. The highest BCUT2D eigenvalue weighted by atomic mass is 16.2. The number of aromatic amines is 1. The molecule has 1 aliphatic carbocycles. The third-order valence-electron chi connectivity index (χ3n) is 5.57. The summed E-state index contributed by atoms with van der Waals surface area (Å²) in [6.07, 6.45) is 5.18. The number of amides is 2. The van der Waals surface area contributed by atoms with Gasteiger partial charge in [0, 0.05) is 36.3 Å². The summed E-state index contributed by atoms with van der Waals surface area (Å²) in [6.45, 7) is 2.65. The van der Waals surface area contributed by atoms with Crippen LogP contribution < -0.4 is 10.2 Å². The fraction of sp³-hybridized carbons (Fsp3) is 0.450. The number of hydrogen-bond donors (Lipinski definition) is 2. The van der Waals surface area contributed by atoms with Crippen molar-refractivity contribution in [2.75, 3.05) is 16.8 Å². The molecule has 0 spiro atoms. The lowest BCUT2D eigenvalue weighted by Gasteiger charge is -2.23. The van der Waals surface area contributed by atoms with E-state index in [2.05, 4.69) is 15.5 Å². The number of carbonyl (C=O) groups is 2. The molecule has 2 aromatic rings. The number of benzene rings is 1. The molecule has 2 amide bonds. The van der Waals surface area contributed by atoms with Gasteiger partial charge in [-0.1, -0.05) is 18.6 Å². The van der Waals surface area contributed by atoms with E-state index in [1.54, 1.807) is 4.90 Å². The van der Waals surface area contributed by atoms with Gasteiger partial charge in [-0.15, -0.1) is 0 Å². The molecule has 1 saturated carbocycles. The van der Waals surface area contributed by atoms with Crippen molar-refractivity contribution in [2.24, 2.45) is 0 Å². The van der Waals surface area contributed by atoms with Crippen LogP contribution in [-0.2, 0) is 9.59 Å². The zero-order valence-corrected chi connectivity index (χ0v) is 15.0. The molecule has 0 unspecified atom stereocenters. The minimum atomic E-state index is -0.290. The van der Waals surface area contributed by atoms with Crippen molar-refractivity contribution < 1.29 is 9.59 Å². The minimum absolute atomic E-state index is 0.0818. The van der Waals surface area contributed by atoms with E-state index >= 15 is 0 Å². The van der Waals surface area contributed by atoms with Crippen molar-refractivity contribution in [3.05, 3.63) is 41.6 Å². The Morgan fingerprint density at radius 2 is 2.04 bits per heavy atom. The number of H-pyrrole nitrogens is 1. The molecule has 136 valence electrons. The first kappa shape index (κ1) is 16.8. The molecule has 1 saturated heterocycles. The molecule has 6 nitrogen and oxygen atoms in total. The maximum Gasteiger partial charge on any atom is 0.232 e. The number of aromatic nitrogens is 2. The van der Waals surface area contributed by atoms with Gasteiger partial charge in [-0.2, -0.15) is 5.10 Å². The number of carbonyl (C=O) groups excluding carboxylic acids is 2. The summed E-state index contributed by atoms with van der Waals surface area (Å²) in [4.78, 5) is 26.2. The Kier molecular flexibility index (Phi) is 4.49. The zero-order chi connectivity index (χ0) is 18.1. The van der Waals surface area contributed by atoms with Gasteiger partial charge < -0.3 is 10.2 Å². The lowest BCUT2D eigenvalue weighted by atomic mass is 9.83. The molecule has 0 bridgehead atoms. The molecule has 26 heavy (non-hydrogen) atoms. The average molecular weight is 352 g/mol. The van der Waals surface area contributed by atoms with E-state index in [1.807, 2.05) is 37.3 Å². The van der Waals surface area contributed by atoms with Crippen LogP contribution in [0.4, 0.5) is 11.5 Å². The number of nitrogens with zero attached hydrogens (tertiary/aromatic N) is 2. The third-order valence-corrected chi connectivity index (χ3v) is 5.57. The van der Waals surface area contributed by atoms with E-state index < -0.39 is 0 Å². The van der Waals surface area contributed by atoms with Crippen LogP contribution in [0.2, 0.25) is 0 Å². The molecule has 4 rings (SSSR count). The van der Waals surface area contributed by atoms with Gasteiger partial charge in [0.1, 0.15) is 0 Å². The van der Waals surface area contributed by atoms with Crippen molar-refractivity contribution in [3.8, 4) is 0 Å². The minimum Gasteiger partial charge on any atom is -0.312 e. The predicted molar refractivity (Wildman–Crippen MR) is 100 cm³/mol. The highest BCUT2D eigenvalue weighted by Gasteiger charge is 2.24. The number of rotatable bonds is 5. The maximum atomic E-state index is 12.5. The summed E-state index contributed by atoms with van der Waals surface area (Å²) in [7, 11) is 0. The zero-order valence-electron chi connectivity index (χ0n) is 15.0. The average Bonchev–Trinajstić information content (AvgIpc) is 3.22. The molecule has 2 aliphatic rings. The SMILES string of the molecule is C[C@H](C(=O)Nc1cc(C2CCC2)[nH]n1)c1ccc(N2CCCC2=O)cc1. The van der Waals surface area contributed by atoms with Crippen LogP contribution >= 0.6 is 0 Å². The fourth-order valence-electron chi connectivity index (χ4n) is 3.58. The second kappa shape index (κ2) is 6.94. The first-order chi connectivity index (χ1) is 12.6. The molecule has 6 heteroatoms. The van der Waals surface area contributed by atoms with Gasteiger partial charge in [0.15, 0.2) is 5.82 Å². The normalized spacial score (nSPS) is 18.7. The van der Waals surface area contributed by atoms with Gasteiger partial charge in [0.25, 0.3) is 0 Å². The van der Waals surface area contributed by atoms with E-state index in [4.69, 9.17) is 0 Å². The van der Waals surface area contributed by atoms with Gasteiger partial charge >= 0.3 is 0 Å².